The first kappa shape index (κ1) is 21.4. The number of likely N-dealkylation sites (tertiary alicyclic amines) is 1. The highest BCUT2D eigenvalue weighted by atomic mass is 19.3. The minimum atomic E-state index is -2.82. The van der Waals surface area contributed by atoms with E-state index in [0.29, 0.717) is 24.1 Å². The van der Waals surface area contributed by atoms with Crippen LogP contribution in [0.2, 0.25) is 0 Å². The van der Waals surface area contributed by atoms with Crippen LogP contribution in [0.3, 0.4) is 0 Å². The van der Waals surface area contributed by atoms with Gasteiger partial charge in [0.1, 0.15) is 5.82 Å². The third-order valence-electron chi connectivity index (χ3n) is 5.16. The fraction of sp³-hybridized carbons (Fsp3) is 0.273. The highest BCUT2D eigenvalue weighted by molar-refractivity contribution is 5.91. The molecule has 1 saturated heterocycles. The molecule has 0 saturated carbocycles. The van der Waals surface area contributed by atoms with Crippen molar-refractivity contribution in [2.24, 2.45) is 11.7 Å². The number of ether oxygens (including phenoxy) is 1. The van der Waals surface area contributed by atoms with E-state index in [0.717, 1.165) is 10.3 Å². The Balaban J connectivity index is 1.32. The number of para-hydroxylation sites is 2. The van der Waals surface area contributed by atoms with E-state index in [1.54, 1.807) is 47.5 Å². The number of pyridine rings is 1. The number of alkyl halides is 2. The van der Waals surface area contributed by atoms with Gasteiger partial charge in [0.2, 0.25) is 11.8 Å². The monoisotopic (exact) mass is 440 g/mol. The number of aromatic nitrogens is 3. The van der Waals surface area contributed by atoms with Crippen LogP contribution >= 0.6 is 0 Å². The number of carbonyl (C=O) groups excluding carboxylic acids is 1. The number of hydrogen-bond acceptors (Lipinski definition) is 6. The first-order valence-corrected chi connectivity index (χ1v) is 10.0. The lowest BCUT2D eigenvalue weighted by molar-refractivity contribution is -0.137. The molecule has 1 aromatic carbocycles. The standard InChI is InChI=1S/C22H22F2N6O2/c23-21(24)22-28-16-6-1-2-7-17(16)30(22)18(25)10-19(26)32-13-14-11-29(12-14)20(31)9-15-5-3-4-8-27-15/h1-8,10,14,21,26H,9,11-13,25H2/b18-10+,26-19?. The molecule has 1 fully saturated rings. The van der Waals surface area contributed by atoms with Crippen molar-refractivity contribution in [2.75, 3.05) is 19.7 Å². The van der Waals surface area contributed by atoms with Gasteiger partial charge in [0.25, 0.3) is 6.43 Å². The number of benzene rings is 1. The van der Waals surface area contributed by atoms with Crippen molar-refractivity contribution < 1.29 is 18.3 Å². The minimum absolute atomic E-state index is 0.00863. The van der Waals surface area contributed by atoms with E-state index >= 15 is 0 Å². The van der Waals surface area contributed by atoms with Crippen LogP contribution in [-0.2, 0) is 16.0 Å². The summed E-state index contributed by atoms with van der Waals surface area (Å²) in [6.45, 7) is 1.28. The number of rotatable bonds is 7. The van der Waals surface area contributed by atoms with Crippen molar-refractivity contribution in [2.45, 2.75) is 12.8 Å². The molecular formula is C22H22F2N6O2. The first-order valence-electron chi connectivity index (χ1n) is 10.0. The van der Waals surface area contributed by atoms with Gasteiger partial charge < -0.3 is 15.4 Å². The largest absolute Gasteiger partial charge is 0.478 e. The Bertz CT molecular complexity index is 1160. The van der Waals surface area contributed by atoms with Crippen LogP contribution in [0.15, 0.2) is 54.7 Å². The lowest BCUT2D eigenvalue weighted by Gasteiger charge is -2.39. The SMILES string of the molecule is N=C(/C=C(\N)n1c(C(F)F)nc2ccccc21)OCC1CN(C(=O)Cc2ccccn2)C1. The lowest BCUT2D eigenvalue weighted by Crippen LogP contribution is -2.52. The molecule has 0 atom stereocenters. The van der Waals surface area contributed by atoms with Crippen LogP contribution in [-0.4, -0.2) is 50.9 Å². The topological polar surface area (TPSA) is 110 Å². The summed E-state index contributed by atoms with van der Waals surface area (Å²) in [6, 6.07) is 12.1. The molecule has 2 aromatic heterocycles. The van der Waals surface area contributed by atoms with Gasteiger partial charge in [-0.15, -0.1) is 0 Å². The maximum Gasteiger partial charge on any atom is 0.296 e. The molecule has 32 heavy (non-hydrogen) atoms. The number of carbonyl (C=O) groups is 1. The van der Waals surface area contributed by atoms with Gasteiger partial charge in [0.15, 0.2) is 5.82 Å². The number of hydrogen-bond donors (Lipinski definition) is 2. The van der Waals surface area contributed by atoms with E-state index in [9.17, 15) is 13.6 Å². The maximum absolute atomic E-state index is 13.4. The highest BCUT2D eigenvalue weighted by Gasteiger charge is 2.31. The molecule has 10 heteroatoms. The zero-order chi connectivity index (χ0) is 22.7. The van der Waals surface area contributed by atoms with Gasteiger partial charge in [-0.3, -0.25) is 19.8 Å². The number of imidazole rings is 1. The van der Waals surface area contributed by atoms with Crippen molar-refractivity contribution in [1.82, 2.24) is 19.4 Å². The molecule has 8 nitrogen and oxygen atoms in total. The number of nitrogens with zero attached hydrogens (tertiary/aromatic N) is 4. The Labute approximate surface area is 182 Å². The molecule has 3 N–H and O–H groups in total. The van der Waals surface area contributed by atoms with E-state index in [2.05, 4.69) is 9.97 Å². The molecule has 0 radical (unpaired) electrons. The summed E-state index contributed by atoms with van der Waals surface area (Å²) in [5.74, 6) is -0.749. The Morgan fingerprint density at radius 2 is 2.00 bits per heavy atom. The Morgan fingerprint density at radius 1 is 1.25 bits per heavy atom. The van der Waals surface area contributed by atoms with Gasteiger partial charge in [-0.25, -0.2) is 13.8 Å². The second kappa shape index (κ2) is 9.13. The molecule has 0 unspecified atom stereocenters. The molecule has 0 bridgehead atoms. The van der Waals surface area contributed by atoms with Crippen LogP contribution in [0.5, 0.6) is 0 Å². The zero-order valence-corrected chi connectivity index (χ0v) is 17.1. The fourth-order valence-electron chi connectivity index (χ4n) is 3.56. The summed E-state index contributed by atoms with van der Waals surface area (Å²) in [6.07, 6.45) is 0.253. The van der Waals surface area contributed by atoms with Gasteiger partial charge in [-0.05, 0) is 24.3 Å². The van der Waals surface area contributed by atoms with Gasteiger partial charge in [0.05, 0.1) is 24.1 Å². The number of halogens is 2. The number of nitrogens with two attached hydrogens (primary N) is 1. The van der Waals surface area contributed by atoms with Crippen molar-refractivity contribution in [3.63, 3.8) is 0 Å². The molecule has 4 rings (SSSR count). The molecular weight excluding hydrogens is 418 g/mol. The van der Waals surface area contributed by atoms with Crippen LogP contribution in [0.1, 0.15) is 17.9 Å². The van der Waals surface area contributed by atoms with Crippen molar-refractivity contribution >= 4 is 28.7 Å². The van der Waals surface area contributed by atoms with E-state index in [1.807, 2.05) is 6.07 Å². The Hall–Kier alpha value is -3.82. The van der Waals surface area contributed by atoms with Crippen molar-refractivity contribution in [3.8, 4) is 0 Å². The number of fused-ring (bicyclic) bond motifs is 1. The molecule has 166 valence electrons. The maximum atomic E-state index is 13.4. The summed E-state index contributed by atoms with van der Waals surface area (Å²) >= 11 is 0. The smallest absolute Gasteiger partial charge is 0.296 e. The predicted octanol–water partition coefficient (Wildman–Crippen LogP) is 2.82. The molecule has 3 heterocycles. The number of amides is 1. The normalized spacial score (nSPS) is 14.6. The van der Waals surface area contributed by atoms with Crippen LogP contribution in [0, 0.1) is 11.3 Å². The molecule has 1 amide bonds. The van der Waals surface area contributed by atoms with Crippen molar-refractivity contribution in [3.05, 3.63) is 66.3 Å². The van der Waals surface area contributed by atoms with Crippen LogP contribution in [0.25, 0.3) is 16.9 Å². The minimum Gasteiger partial charge on any atom is -0.478 e. The summed E-state index contributed by atoms with van der Waals surface area (Å²) in [7, 11) is 0. The fourth-order valence-corrected chi connectivity index (χ4v) is 3.56. The quantitative estimate of drug-likeness (QED) is 0.434. The van der Waals surface area contributed by atoms with Gasteiger partial charge >= 0.3 is 0 Å². The van der Waals surface area contributed by atoms with Crippen LogP contribution in [0.4, 0.5) is 8.78 Å². The number of nitrogens with one attached hydrogen (secondary N) is 1. The average Bonchev–Trinajstić information content (AvgIpc) is 3.13. The Kier molecular flexibility index (Phi) is 6.11. The van der Waals surface area contributed by atoms with Gasteiger partial charge in [0, 0.05) is 37.0 Å². The van der Waals surface area contributed by atoms with E-state index < -0.39 is 12.2 Å². The molecule has 1 aliphatic rings. The third-order valence-corrected chi connectivity index (χ3v) is 5.16. The highest BCUT2D eigenvalue weighted by Crippen LogP contribution is 2.26. The third kappa shape index (κ3) is 4.58. The molecule has 0 aliphatic carbocycles. The summed E-state index contributed by atoms with van der Waals surface area (Å²) < 4.78 is 33.4. The summed E-state index contributed by atoms with van der Waals surface area (Å²) in [4.78, 5) is 22.0. The van der Waals surface area contributed by atoms with E-state index in [4.69, 9.17) is 15.9 Å². The molecule has 0 spiro atoms. The van der Waals surface area contributed by atoms with Gasteiger partial charge in [-0.1, -0.05) is 18.2 Å². The summed E-state index contributed by atoms with van der Waals surface area (Å²) in [5.41, 5.74) is 7.53. The zero-order valence-electron chi connectivity index (χ0n) is 17.1. The van der Waals surface area contributed by atoms with Gasteiger partial charge in [-0.2, -0.15) is 0 Å². The summed E-state index contributed by atoms with van der Waals surface area (Å²) in [5, 5.41) is 7.99. The molecule has 1 aliphatic heterocycles. The molecule has 3 aromatic rings. The Morgan fingerprint density at radius 3 is 2.72 bits per heavy atom. The second-order valence-corrected chi connectivity index (χ2v) is 7.50. The second-order valence-electron chi connectivity index (χ2n) is 7.50. The van der Waals surface area contributed by atoms with Crippen LogP contribution < -0.4 is 5.73 Å². The lowest BCUT2D eigenvalue weighted by atomic mass is 10.0. The first-order chi connectivity index (χ1) is 15.4. The van der Waals surface area contributed by atoms with E-state index in [-0.39, 0.29) is 36.6 Å². The van der Waals surface area contributed by atoms with E-state index in [1.165, 1.54) is 6.08 Å². The average molecular weight is 440 g/mol. The predicted molar refractivity (Wildman–Crippen MR) is 115 cm³/mol. The van der Waals surface area contributed by atoms with Crippen molar-refractivity contribution in [1.29, 1.82) is 5.41 Å².